The van der Waals surface area contributed by atoms with Crippen molar-refractivity contribution in [2.24, 2.45) is 0 Å². The molecule has 0 unspecified atom stereocenters. The van der Waals surface area contributed by atoms with Crippen LogP contribution in [0.1, 0.15) is 28.2 Å². The summed E-state index contributed by atoms with van der Waals surface area (Å²) in [5.74, 6) is 0.904. The second-order valence-corrected chi connectivity index (χ2v) is 6.20. The first kappa shape index (κ1) is 15.0. The van der Waals surface area contributed by atoms with E-state index in [0.717, 1.165) is 29.9 Å². The average molecular weight is 342 g/mol. The lowest BCUT2D eigenvalue weighted by molar-refractivity contribution is 0.0739. The molecule has 1 aromatic carbocycles. The molecule has 5 nitrogen and oxygen atoms in total. The van der Waals surface area contributed by atoms with Crippen molar-refractivity contribution in [2.75, 3.05) is 6.54 Å². The van der Waals surface area contributed by atoms with Crippen LogP contribution in [0.4, 0.5) is 0 Å². The van der Waals surface area contributed by atoms with Crippen LogP contribution in [0.2, 0.25) is 5.02 Å². The second-order valence-electron chi connectivity index (χ2n) is 5.80. The Morgan fingerprint density at radius 1 is 1.21 bits per heavy atom. The molecule has 0 atom stereocenters. The maximum Gasteiger partial charge on any atom is 0.274 e. The van der Waals surface area contributed by atoms with Crippen molar-refractivity contribution < 1.29 is 9.21 Å². The fourth-order valence-electron chi connectivity index (χ4n) is 2.99. The van der Waals surface area contributed by atoms with Gasteiger partial charge in [-0.15, -0.1) is 0 Å². The van der Waals surface area contributed by atoms with Gasteiger partial charge in [-0.25, -0.2) is 4.68 Å². The van der Waals surface area contributed by atoms with E-state index < -0.39 is 0 Å². The Morgan fingerprint density at radius 3 is 2.96 bits per heavy atom. The van der Waals surface area contributed by atoms with E-state index in [0.29, 0.717) is 23.8 Å². The molecule has 0 spiro atoms. The number of furan rings is 1. The molecule has 24 heavy (non-hydrogen) atoms. The van der Waals surface area contributed by atoms with E-state index in [-0.39, 0.29) is 5.91 Å². The molecule has 4 rings (SSSR count). The molecule has 3 heterocycles. The number of benzene rings is 1. The molecule has 0 saturated heterocycles. The minimum Gasteiger partial charge on any atom is -0.469 e. The summed E-state index contributed by atoms with van der Waals surface area (Å²) < 4.78 is 7.11. The van der Waals surface area contributed by atoms with Crippen LogP contribution >= 0.6 is 11.6 Å². The van der Waals surface area contributed by atoms with Crippen molar-refractivity contribution in [1.29, 1.82) is 0 Å². The number of fused-ring (bicyclic) bond motifs is 1. The molecular formula is C18H16ClN3O2. The molecule has 0 radical (unpaired) electrons. The Labute approximate surface area is 144 Å². The van der Waals surface area contributed by atoms with Crippen LogP contribution in [0.5, 0.6) is 0 Å². The summed E-state index contributed by atoms with van der Waals surface area (Å²) in [5.41, 5.74) is 2.25. The van der Waals surface area contributed by atoms with Crippen molar-refractivity contribution in [3.63, 3.8) is 0 Å². The second kappa shape index (κ2) is 6.17. The lowest BCUT2D eigenvalue weighted by atomic mass is 10.2. The highest BCUT2D eigenvalue weighted by Crippen LogP contribution is 2.22. The van der Waals surface area contributed by atoms with Crippen LogP contribution in [0.3, 0.4) is 0 Å². The van der Waals surface area contributed by atoms with Crippen molar-refractivity contribution in [3.05, 3.63) is 70.9 Å². The summed E-state index contributed by atoms with van der Waals surface area (Å²) in [6, 6.07) is 11.1. The number of halogens is 1. The van der Waals surface area contributed by atoms with E-state index in [1.807, 2.05) is 29.2 Å². The number of para-hydroxylation sites is 1. The zero-order valence-corrected chi connectivity index (χ0v) is 13.7. The highest BCUT2D eigenvalue weighted by molar-refractivity contribution is 6.32. The zero-order chi connectivity index (χ0) is 16.5. The van der Waals surface area contributed by atoms with Crippen LogP contribution < -0.4 is 0 Å². The third-order valence-corrected chi connectivity index (χ3v) is 4.55. The first-order valence-corrected chi connectivity index (χ1v) is 8.25. The highest BCUT2D eigenvalue weighted by atomic mass is 35.5. The maximum atomic E-state index is 12.8. The van der Waals surface area contributed by atoms with Gasteiger partial charge in [0, 0.05) is 31.3 Å². The van der Waals surface area contributed by atoms with Gasteiger partial charge in [0.1, 0.15) is 5.76 Å². The summed E-state index contributed by atoms with van der Waals surface area (Å²) in [5, 5.41) is 5.00. The fraction of sp³-hybridized carbons (Fsp3) is 0.222. The first-order valence-electron chi connectivity index (χ1n) is 7.87. The van der Waals surface area contributed by atoms with E-state index in [1.165, 1.54) is 0 Å². The number of nitrogens with zero attached hydrogens (tertiary/aromatic N) is 3. The molecule has 2 aromatic heterocycles. The molecule has 0 saturated carbocycles. The molecule has 0 bridgehead atoms. The molecule has 0 aliphatic carbocycles. The minimum absolute atomic E-state index is 0.0742. The van der Waals surface area contributed by atoms with Gasteiger partial charge in [-0.05, 0) is 30.7 Å². The summed E-state index contributed by atoms with van der Waals surface area (Å²) in [4.78, 5) is 14.6. The van der Waals surface area contributed by atoms with Crippen LogP contribution in [0.25, 0.3) is 5.69 Å². The molecule has 3 aromatic rings. The average Bonchev–Trinajstić information content (AvgIpc) is 3.20. The summed E-state index contributed by atoms with van der Waals surface area (Å²) in [6.45, 7) is 1.26. The number of amides is 1. The van der Waals surface area contributed by atoms with Gasteiger partial charge in [0.15, 0.2) is 5.69 Å². The molecule has 6 heteroatoms. The topological polar surface area (TPSA) is 51.3 Å². The third kappa shape index (κ3) is 2.71. The van der Waals surface area contributed by atoms with E-state index in [4.69, 9.17) is 16.0 Å². The molecule has 1 aliphatic heterocycles. The number of hydrogen-bond acceptors (Lipinski definition) is 3. The van der Waals surface area contributed by atoms with Crippen LogP contribution in [-0.4, -0.2) is 27.1 Å². The lowest BCUT2D eigenvalue weighted by Gasteiger charge is -2.19. The zero-order valence-electron chi connectivity index (χ0n) is 13.0. The largest absolute Gasteiger partial charge is 0.469 e. The number of hydrogen-bond donors (Lipinski definition) is 0. The number of aryl methyl sites for hydroxylation is 1. The summed E-state index contributed by atoms with van der Waals surface area (Å²) in [7, 11) is 0. The smallest absolute Gasteiger partial charge is 0.274 e. The summed E-state index contributed by atoms with van der Waals surface area (Å²) >= 11 is 6.19. The standard InChI is InChI=1S/C18H16ClN3O2/c19-14-4-1-2-5-16(14)22-10-7-15(20-22)18(23)21-9-3-6-17-13(12-21)8-11-24-17/h1-2,4-5,7-8,10-11H,3,6,9,12H2. The van der Waals surface area contributed by atoms with E-state index in [1.54, 1.807) is 29.3 Å². The van der Waals surface area contributed by atoms with Gasteiger partial charge >= 0.3 is 0 Å². The normalized spacial score (nSPS) is 14.3. The minimum atomic E-state index is -0.0742. The number of carbonyl (C=O) groups is 1. The lowest BCUT2D eigenvalue weighted by Crippen LogP contribution is -2.31. The molecular weight excluding hydrogens is 326 g/mol. The third-order valence-electron chi connectivity index (χ3n) is 4.23. The highest BCUT2D eigenvalue weighted by Gasteiger charge is 2.23. The first-order chi connectivity index (χ1) is 11.7. The Morgan fingerprint density at radius 2 is 2.08 bits per heavy atom. The van der Waals surface area contributed by atoms with Crippen molar-refractivity contribution >= 4 is 17.5 Å². The predicted octanol–water partition coefficient (Wildman–Crippen LogP) is 3.71. The monoisotopic (exact) mass is 341 g/mol. The Bertz CT molecular complexity index is 884. The Balaban J connectivity index is 1.58. The molecule has 1 amide bonds. The fourth-order valence-corrected chi connectivity index (χ4v) is 3.21. The van der Waals surface area contributed by atoms with Crippen LogP contribution in [0.15, 0.2) is 53.3 Å². The van der Waals surface area contributed by atoms with Gasteiger partial charge in [-0.1, -0.05) is 23.7 Å². The molecule has 1 aliphatic rings. The number of aromatic nitrogens is 2. The maximum absolute atomic E-state index is 12.8. The van der Waals surface area contributed by atoms with Crippen LogP contribution in [-0.2, 0) is 13.0 Å². The number of rotatable bonds is 2. The quantitative estimate of drug-likeness (QED) is 0.714. The molecule has 0 N–H and O–H groups in total. The van der Waals surface area contributed by atoms with Gasteiger partial charge in [0.25, 0.3) is 5.91 Å². The van der Waals surface area contributed by atoms with Gasteiger partial charge in [0.2, 0.25) is 0 Å². The van der Waals surface area contributed by atoms with E-state index in [9.17, 15) is 4.79 Å². The Kier molecular flexibility index (Phi) is 3.86. The van der Waals surface area contributed by atoms with Gasteiger partial charge in [-0.3, -0.25) is 4.79 Å². The van der Waals surface area contributed by atoms with Crippen molar-refractivity contribution in [2.45, 2.75) is 19.4 Å². The van der Waals surface area contributed by atoms with E-state index >= 15 is 0 Å². The molecule has 0 fully saturated rings. The SMILES string of the molecule is O=C(c1ccn(-c2ccccc2Cl)n1)N1CCCc2occc2C1. The number of carbonyl (C=O) groups excluding carboxylic acids is 1. The van der Waals surface area contributed by atoms with Crippen molar-refractivity contribution in [3.8, 4) is 5.69 Å². The van der Waals surface area contributed by atoms with Gasteiger partial charge in [0.05, 0.1) is 17.0 Å². The van der Waals surface area contributed by atoms with Crippen molar-refractivity contribution in [1.82, 2.24) is 14.7 Å². The predicted molar refractivity (Wildman–Crippen MR) is 90.3 cm³/mol. The Hall–Kier alpha value is -2.53. The van der Waals surface area contributed by atoms with Gasteiger partial charge < -0.3 is 9.32 Å². The molecule has 122 valence electrons. The summed E-state index contributed by atoms with van der Waals surface area (Å²) in [6.07, 6.45) is 5.19. The van der Waals surface area contributed by atoms with Crippen LogP contribution in [0, 0.1) is 0 Å². The van der Waals surface area contributed by atoms with E-state index in [2.05, 4.69) is 5.10 Å². The van der Waals surface area contributed by atoms with Gasteiger partial charge in [-0.2, -0.15) is 5.10 Å².